The molecule has 1 aromatic rings. The maximum Gasteiger partial charge on any atom is 0.185 e. The lowest BCUT2D eigenvalue weighted by Gasteiger charge is -2.23. The predicted molar refractivity (Wildman–Crippen MR) is 51.1 cm³/mol. The van der Waals surface area contributed by atoms with E-state index in [0.29, 0.717) is 5.84 Å². The van der Waals surface area contributed by atoms with Crippen molar-refractivity contribution in [3.05, 3.63) is 29.8 Å². The topological polar surface area (TPSA) is 32.7 Å². The molecular weight excluding hydrogens is 164 g/mol. The minimum absolute atomic E-state index is 0.499. The van der Waals surface area contributed by atoms with Crippen LogP contribution in [-0.4, -0.2) is 24.1 Å². The van der Waals surface area contributed by atoms with Crippen LogP contribution < -0.4 is 0 Å². The highest BCUT2D eigenvalue weighted by molar-refractivity contribution is 6.27. The van der Waals surface area contributed by atoms with E-state index >= 15 is 0 Å². The number of amidine groups is 1. The molecule has 0 N–H and O–H groups in total. The molecule has 1 heterocycles. The van der Waals surface area contributed by atoms with Gasteiger partial charge in [-0.1, -0.05) is 18.2 Å². The number of benzene rings is 1. The molecule has 0 aliphatic carbocycles. The molecule has 1 aliphatic rings. The molecule has 0 saturated carbocycles. The second kappa shape index (κ2) is 3.01. The van der Waals surface area contributed by atoms with Gasteiger partial charge in [-0.3, -0.25) is 4.79 Å². The van der Waals surface area contributed by atoms with Crippen molar-refractivity contribution in [2.24, 2.45) is 4.99 Å². The van der Waals surface area contributed by atoms with Crippen LogP contribution in [0.5, 0.6) is 0 Å². The van der Waals surface area contributed by atoms with Crippen molar-refractivity contribution in [1.29, 1.82) is 0 Å². The summed E-state index contributed by atoms with van der Waals surface area (Å²) >= 11 is 0. The average molecular weight is 174 g/mol. The molecule has 0 atom stereocenters. The number of rotatable bonds is 1. The SMILES string of the molecule is CN1Cc2ccccc2N=C1C=O. The normalized spacial score (nSPS) is 14.8. The Kier molecular flexibility index (Phi) is 1.85. The Labute approximate surface area is 76.7 Å². The van der Waals surface area contributed by atoms with Gasteiger partial charge in [0.15, 0.2) is 12.1 Å². The maximum atomic E-state index is 10.6. The van der Waals surface area contributed by atoms with E-state index < -0.39 is 0 Å². The van der Waals surface area contributed by atoms with Crippen molar-refractivity contribution in [3.63, 3.8) is 0 Å². The summed E-state index contributed by atoms with van der Waals surface area (Å²) in [6.07, 6.45) is 0.788. The maximum absolute atomic E-state index is 10.6. The van der Waals surface area contributed by atoms with E-state index in [1.54, 1.807) is 0 Å². The minimum atomic E-state index is 0.499. The number of carbonyl (C=O) groups excluding carboxylic acids is 1. The van der Waals surface area contributed by atoms with Gasteiger partial charge in [-0.25, -0.2) is 4.99 Å². The van der Waals surface area contributed by atoms with E-state index in [4.69, 9.17) is 0 Å². The largest absolute Gasteiger partial charge is 0.353 e. The average Bonchev–Trinajstić information content (AvgIpc) is 2.17. The highest BCUT2D eigenvalue weighted by Crippen LogP contribution is 2.24. The molecule has 2 rings (SSSR count). The van der Waals surface area contributed by atoms with Gasteiger partial charge in [-0.2, -0.15) is 0 Å². The van der Waals surface area contributed by atoms with Gasteiger partial charge in [0.1, 0.15) is 0 Å². The molecule has 3 nitrogen and oxygen atoms in total. The van der Waals surface area contributed by atoms with Crippen LogP contribution in [0.4, 0.5) is 5.69 Å². The van der Waals surface area contributed by atoms with Crippen LogP contribution >= 0.6 is 0 Å². The van der Waals surface area contributed by atoms with Crippen molar-refractivity contribution < 1.29 is 4.79 Å². The summed E-state index contributed by atoms with van der Waals surface area (Å²) in [5, 5.41) is 0. The Bertz CT molecular complexity index is 371. The first kappa shape index (κ1) is 7.98. The first-order valence-corrected chi connectivity index (χ1v) is 4.14. The standard InChI is InChI=1S/C10H10N2O/c1-12-6-8-4-2-3-5-9(8)11-10(12)7-13/h2-5,7H,6H2,1H3. The van der Waals surface area contributed by atoms with Gasteiger partial charge < -0.3 is 4.90 Å². The molecule has 0 radical (unpaired) electrons. The predicted octanol–water partition coefficient (Wildman–Crippen LogP) is 1.36. The molecule has 0 spiro atoms. The van der Waals surface area contributed by atoms with Gasteiger partial charge in [0, 0.05) is 13.6 Å². The lowest BCUT2D eigenvalue weighted by molar-refractivity contribution is -0.103. The molecule has 1 aromatic carbocycles. The van der Waals surface area contributed by atoms with Crippen molar-refractivity contribution in [2.75, 3.05) is 7.05 Å². The smallest absolute Gasteiger partial charge is 0.185 e. The fraction of sp³-hybridized carbons (Fsp3) is 0.200. The van der Waals surface area contributed by atoms with Crippen LogP contribution in [0, 0.1) is 0 Å². The third-order valence-electron chi connectivity index (χ3n) is 2.13. The Hall–Kier alpha value is -1.64. The second-order valence-corrected chi connectivity index (χ2v) is 3.07. The van der Waals surface area contributed by atoms with E-state index in [1.807, 2.05) is 36.2 Å². The lowest BCUT2D eigenvalue weighted by atomic mass is 10.1. The first-order valence-electron chi connectivity index (χ1n) is 4.14. The van der Waals surface area contributed by atoms with Crippen molar-refractivity contribution in [2.45, 2.75) is 6.54 Å². The third-order valence-corrected chi connectivity index (χ3v) is 2.13. The third kappa shape index (κ3) is 1.33. The number of nitrogens with zero attached hydrogens (tertiary/aromatic N) is 2. The number of likely N-dealkylation sites (N-methyl/N-ethyl adjacent to an activating group) is 1. The number of aldehydes is 1. The molecular formula is C10H10N2O. The molecule has 3 heteroatoms. The molecule has 0 unspecified atom stereocenters. The van der Waals surface area contributed by atoms with Crippen LogP contribution in [0.15, 0.2) is 29.3 Å². The zero-order valence-corrected chi connectivity index (χ0v) is 7.40. The first-order chi connectivity index (χ1) is 6.31. The summed E-state index contributed by atoms with van der Waals surface area (Å²) in [6, 6.07) is 7.85. The zero-order valence-electron chi connectivity index (χ0n) is 7.40. The van der Waals surface area contributed by atoms with Gasteiger partial charge in [0.05, 0.1) is 5.69 Å². The van der Waals surface area contributed by atoms with Gasteiger partial charge in [0.25, 0.3) is 0 Å². The Morgan fingerprint density at radius 1 is 1.46 bits per heavy atom. The Balaban J connectivity index is 2.49. The van der Waals surface area contributed by atoms with Crippen LogP contribution in [0.1, 0.15) is 5.56 Å². The number of aliphatic imine (C=N–C) groups is 1. The van der Waals surface area contributed by atoms with Crippen LogP contribution in [0.25, 0.3) is 0 Å². The molecule has 0 bridgehead atoms. The summed E-state index contributed by atoms with van der Waals surface area (Å²) in [5.41, 5.74) is 2.07. The molecule has 0 fully saturated rings. The molecule has 0 aromatic heterocycles. The minimum Gasteiger partial charge on any atom is -0.353 e. The summed E-state index contributed by atoms with van der Waals surface area (Å²) in [5.74, 6) is 0.499. The highest BCUT2D eigenvalue weighted by Gasteiger charge is 2.14. The molecule has 66 valence electrons. The van der Waals surface area contributed by atoms with E-state index in [0.717, 1.165) is 24.1 Å². The Morgan fingerprint density at radius 2 is 2.23 bits per heavy atom. The van der Waals surface area contributed by atoms with E-state index in [2.05, 4.69) is 4.99 Å². The van der Waals surface area contributed by atoms with Crippen LogP contribution in [-0.2, 0) is 11.3 Å². The summed E-state index contributed by atoms with van der Waals surface area (Å²) in [4.78, 5) is 16.7. The quantitative estimate of drug-likeness (QED) is 0.602. The highest BCUT2D eigenvalue weighted by atomic mass is 16.1. The van der Waals surface area contributed by atoms with Crippen LogP contribution in [0.2, 0.25) is 0 Å². The zero-order chi connectivity index (χ0) is 9.26. The van der Waals surface area contributed by atoms with E-state index in [9.17, 15) is 4.79 Å². The second-order valence-electron chi connectivity index (χ2n) is 3.07. The summed E-state index contributed by atoms with van der Waals surface area (Å²) in [6.45, 7) is 0.758. The van der Waals surface area contributed by atoms with Gasteiger partial charge in [0.2, 0.25) is 0 Å². The van der Waals surface area contributed by atoms with E-state index in [-0.39, 0.29) is 0 Å². The van der Waals surface area contributed by atoms with Crippen molar-refractivity contribution in [3.8, 4) is 0 Å². The summed E-state index contributed by atoms with van der Waals surface area (Å²) in [7, 11) is 1.86. The number of hydrogen-bond acceptors (Lipinski definition) is 3. The molecule has 0 amide bonds. The van der Waals surface area contributed by atoms with Crippen LogP contribution in [0.3, 0.4) is 0 Å². The van der Waals surface area contributed by atoms with Gasteiger partial charge >= 0.3 is 0 Å². The number of hydrogen-bond donors (Lipinski definition) is 0. The van der Waals surface area contributed by atoms with Gasteiger partial charge in [-0.05, 0) is 11.6 Å². The molecule has 0 saturated heterocycles. The number of fused-ring (bicyclic) bond motifs is 1. The number of para-hydroxylation sites is 1. The molecule has 13 heavy (non-hydrogen) atoms. The van der Waals surface area contributed by atoms with E-state index in [1.165, 1.54) is 0 Å². The lowest BCUT2D eigenvalue weighted by Crippen LogP contribution is -2.29. The van der Waals surface area contributed by atoms with Crippen molar-refractivity contribution >= 4 is 17.8 Å². The molecule has 1 aliphatic heterocycles. The fourth-order valence-corrected chi connectivity index (χ4v) is 1.42. The summed E-state index contributed by atoms with van der Waals surface area (Å²) < 4.78 is 0. The monoisotopic (exact) mass is 174 g/mol. The fourth-order valence-electron chi connectivity index (χ4n) is 1.42. The van der Waals surface area contributed by atoms with Crippen molar-refractivity contribution in [1.82, 2.24) is 4.90 Å². The Morgan fingerprint density at radius 3 is 3.00 bits per heavy atom. The van der Waals surface area contributed by atoms with Gasteiger partial charge in [-0.15, -0.1) is 0 Å². The number of carbonyl (C=O) groups is 1.